The molecule has 170 valence electrons. The highest BCUT2D eigenvalue weighted by molar-refractivity contribution is 14.0. The number of hydrogen-bond donors (Lipinski definition) is 3. The van der Waals surface area contributed by atoms with Crippen molar-refractivity contribution in [3.63, 3.8) is 0 Å². The third-order valence-corrected chi connectivity index (χ3v) is 6.16. The first-order valence-corrected chi connectivity index (χ1v) is 11.0. The highest BCUT2D eigenvalue weighted by atomic mass is 127. The molecular formula is C22H32IN5O2S. The van der Waals surface area contributed by atoms with Gasteiger partial charge < -0.3 is 25.1 Å². The number of halogens is 1. The monoisotopic (exact) mass is 557 g/mol. The zero-order valence-electron chi connectivity index (χ0n) is 18.8. The summed E-state index contributed by atoms with van der Waals surface area (Å²) in [6, 6.07) is 6.06. The van der Waals surface area contributed by atoms with Crippen LogP contribution in [0.3, 0.4) is 0 Å². The lowest BCUT2D eigenvalue weighted by Crippen LogP contribution is -2.38. The molecule has 0 saturated carbocycles. The number of ether oxygens (including phenoxy) is 2. The molecule has 0 aliphatic heterocycles. The molecule has 0 aliphatic carbocycles. The van der Waals surface area contributed by atoms with E-state index in [2.05, 4.69) is 45.5 Å². The molecule has 0 atom stereocenters. The molecule has 3 aromatic rings. The lowest BCUT2D eigenvalue weighted by Gasteiger charge is -2.11. The first-order valence-electron chi connectivity index (χ1n) is 10.1. The fourth-order valence-corrected chi connectivity index (χ4v) is 4.23. The van der Waals surface area contributed by atoms with Gasteiger partial charge in [-0.05, 0) is 32.8 Å². The van der Waals surface area contributed by atoms with Gasteiger partial charge in [0.05, 0.1) is 30.4 Å². The van der Waals surface area contributed by atoms with Crippen LogP contribution in [0.2, 0.25) is 0 Å². The van der Waals surface area contributed by atoms with E-state index in [1.165, 1.54) is 15.6 Å². The second kappa shape index (κ2) is 12.1. The predicted octanol–water partition coefficient (Wildman–Crippen LogP) is 4.22. The number of nitrogens with zero attached hydrogens (tertiary/aromatic N) is 2. The van der Waals surface area contributed by atoms with Crippen LogP contribution in [-0.2, 0) is 12.8 Å². The summed E-state index contributed by atoms with van der Waals surface area (Å²) in [4.78, 5) is 13.6. The number of nitrogens with one attached hydrogen (secondary N) is 3. The molecule has 0 spiro atoms. The molecule has 2 heterocycles. The minimum absolute atomic E-state index is 0. The molecule has 2 aromatic heterocycles. The molecule has 0 bridgehead atoms. The van der Waals surface area contributed by atoms with Gasteiger partial charge in [0.15, 0.2) is 5.96 Å². The quantitative estimate of drug-likeness (QED) is 0.159. The topological polar surface area (TPSA) is 83.6 Å². The molecule has 0 unspecified atom stereocenters. The second-order valence-electron chi connectivity index (χ2n) is 7.11. The van der Waals surface area contributed by atoms with Crippen LogP contribution in [0, 0.1) is 13.8 Å². The zero-order chi connectivity index (χ0) is 21.5. The summed E-state index contributed by atoms with van der Waals surface area (Å²) in [5.41, 5.74) is 3.33. The van der Waals surface area contributed by atoms with Gasteiger partial charge in [-0.1, -0.05) is 0 Å². The Morgan fingerprint density at radius 1 is 1.10 bits per heavy atom. The summed E-state index contributed by atoms with van der Waals surface area (Å²) < 4.78 is 10.8. The Bertz CT molecular complexity index is 995. The normalized spacial score (nSPS) is 11.3. The summed E-state index contributed by atoms with van der Waals surface area (Å²) in [6.07, 6.45) is 2.82. The van der Waals surface area contributed by atoms with Crippen molar-refractivity contribution in [2.45, 2.75) is 33.1 Å². The van der Waals surface area contributed by atoms with Crippen LogP contribution < -0.4 is 20.1 Å². The molecule has 1 aromatic carbocycles. The Kier molecular flexibility index (Phi) is 9.89. The van der Waals surface area contributed by atoms with Crippen LogP contribution in [0.25, 0.3) is 10.9 Å². The molecule has 0 amide bonds. The smallest absolute Gasteiger partial charge is 0.190 e. The maximum Gasteiger partial charge on any atom is 0.190 e. The number of methoxy groups -OCH3 is 2. The van der Waals surface area contributed by atoms with Gasteiger partial charge in [0.25, 0.3) is 0 Å². The Morgan fingerprint density at radius 3 is 2.52 bits per heavy atom. The number of aryl methyl sites for hydroxylation is 3. The Hall–Kier alpha value is -2.01. The van der Waals surface area contributed by atoms with Gasteiger partial charge in [-0.2, -0.15) is 0 Å². The minimum atomic E-state index is 0. The van der Waals surface area contributed by atoms with Crippen molar-refractivity contribution in [1.29, 1.82) is 0 Å². The lowest BCUT2D eigenvalue weighted by atomic mass is 10.2. The predicted molar refractivity (Wildman–Crippen MR) is 140 cm³/mol. The summed E-state index contributed by atoms with van der Waals surface area (Å²) in [5, 5.41) is 8.98. The molecule has 3 rings (SSSR count). The number of aliphatic imine (C=N–C) groups is 1. The van der Waals surface area contributed by atoms with Crippen molar-refractivity contribution in [2.75, 3.05) is 34.4 Å². The number of aromatic nitrogens is 2. The Balaban J connectivity index is 0.00000341. The summed E-state index contributed by atoms with van der Waals surface area (Å²) >= 11 is 1.77. The van der Waals surface area contributed by atoms with E-state index in [1.54, 1.807) is 32.6 Å². The molecule has 3 N–H and O–H groups in total. The van der Waals surface area contributed by atoms with Crippen LogP contribution in [0.4, 0.5) is 0 Å². The van der Waals surface area contributed by atoms with Gasteiger partial charge in [-0.15, -0.1) is 35.3 Å². The lowest BCUT2D eigenvalue weighted by molar-refractivity contribution is 0.398. The SMILES string of the molecule is CN=C(NCCCc1cc2c(OC)cc(OC)cc2[nH]1)NCCc1nc(C)c(C)s1.I. The summed E-state index contributed by atoms with van der Waals surface area (Å²) in [6.45, 7) is 5.83. The molecule has 31 heavy (non-hydrogen) atoms. The maximum atomic E-state index is 5.49. The van der Waals surface area contributed by atoms with Gasteiger partial charge >= 0.3 is 0 Å². The van der Waals surface area contributed by atoms with E-state index < -0.39 is 0 Å². The number of benzene rings is 1. The minimum Gasteiger partial charge on any atom is -0.497 e. The average Bonchev–Trinajstić information content (AvgIpc) is 3.30. The Labute approximate surface area is 205 Å². The fraction of sp³-hybridized carbons (Fsp3) is 0.455. The molecule has 0 aliphatic rings. The van der Waals surface area contributed by atoms with Gasteiger partial charge in [-0.25, -0.2) is 4.98 Å². The van der Waals surface area contributed by atoms with Crippen LogP contribution in [0.15, 0.2) is 23.2 Å². The standard InChI is InChI=1S/C22H31N5O2S.HI/c1-14-15(2)30-21(26-14)8-10-25-22(23-3)24-9-6-7-16-11-18-19(27-16)12-17(28-4)13-20(18)29-5;/h11-13,27H,6-10H2,1-5H3,(H2,23,24,25);1H. The van der Waals surface area contributed by atoms with Crippen LogP contribution in [-0.4, -0.2) is 50.3 Å². The van der Waals surface area contributed by atoms with E-state index in [4.69, 9.17) is 9.47 Å². The zero-order valence-corrected chi connectivity index (χ0v) is 21.9. The van der Waals surface area contributed by atoms with Crippen molar-refractivity contribution >= 4 is 52.2 Å². The van der Waals surface area contributed by atoms with E-state index in [-0.39, 0.29) is 24.0 Å². The number of rotatable bonds is 9. The van der Waals surface area contributed by atoms with Gasteiger partial charge in [0.2, 0.25) is 0 Å². The van der Waals surface area contributed by atoms with E-state index in [9.17, 15) is 0 Å². The average molecular weight is 558 g/mol. The van der Waals surface area contributed by atoms with Crippen molar-refractivity contribution in [3.8, 4) is 11.5 Å². The van der Waals surface area contributed by atoms with E-state index in [0.717, 1.165) is 66.4 Å². The third-order valence-electron chi connectivity index (χ3n) is 5.03. The fourth-order valence-electron chi connectivity index (χ4n) is 3.30. The molecule has 9 heteroatoms. The molecule has 0 radical (unpaired) electrons. The van der Waals surface area contributed by atoms with Crippen LogP contribution in [0.5, 0.6) is 11.5 Å². The van der Waals surface area contributed by atoms with Crippen molar-refractivity contribution in [2.24, 2.45) is 4.99 Å². The summed E-state index contributed by atoms with van der Waals surface area (Å²) in [5.74, 6) is 2.43. The highest BCUT2D eigenvalue weighted by Crippen LogP contribution is 2.31. The molecular weight excluding hydrogens is 525 g/mol. The van der Waals surface area contributed by atoms with Gasteiger partial charge in [0.1, 0.15) is 11.5 Å². The number of hydrogen-bond acceptors (Lipinski definition) is 5. The second-order valence-corrected chi connectivity index (χ2v) is 8.40. The number of fused-ring (bicyclic) bond motifs is 1. The Morgan fingerprint density at radius 2 is 1.87 bits per heavy atom. The number of guanidine groups is 1. The van der Waals surface area contributed by atoms with Gasteiger partial charge in [0, 0.05) is 54.6 Å². The largest absolute Gasteiger partial charge is 0.497 e. The van der Waals surface area contributed by atoms with Crippen LogP contribution >= 0.6 is 35.3 Å². The van der Waals surface area contributed by atoms with E-state index in [1.807, 2.05) is 12.1 Å². The van der Waals surface area contributed by atoms with Gasteiger partial charge in [-0.3, -0.25) is 4.99 Å². The maximum absolute atomic E-state index is 5.49. The molecule has 0 saturated heterocycles. The van der Waals surface area contributed by atoms with Crippen molar-refractivity contribution < 1.29 is 9.47 Å². The highest BCUT2D eigenvalue weighted by Gasteiger charge is 2.09. The molecule has 0 fully saturated rings. The third kappa shape index (κ3) is 6.73. The summed E-state index contributed by atoms with van der Waals surface area (Å²) in [7, 11) is 5.14. The van der Waals surface area contributed by atoms with E-state index >= 15 is 0 Å². The van der Waals surface area contributed by atoms with Crippen molar-refractivity contribution in [3.05, 3.63) is 39.5 Å². The van der Waals surface area contributed by atoms with Crippen LogP contribution in [0.1, 0.15) is 27.7 Å². The number of thiazole rings is 1. The van der Waals surface area contributed by atoms with E-state index in [0.29, 0.717) is 0 Å². The first-order chi connectivity index (χ1) is 14.5. The number of aromatic amines is 1. The molecule has 7 nitrogen and oxygen atoms in total. The first kappa shape index (κ1) is 25.3. The number of H-pyrrole nitrogens is 1. The van der Waals surface area contributed by atoms with Crippen molar-refractivity contribution in [1.82, 2.24) is 20.6 Å².